The first-order valence-electron chi connectivity index (χ1n) is 4.49. The number of rotatable bonds is 2. The predicted octanol–water partition coefficient (Wildman–Crippen LogP) is 1.75. The van der Waals surface area contributed by atoms with Gasteiger partial charge in [-0.3, -0.25) is 9.48 Å². The van der Waals surface area contributed by atoms with Crippen LogP contribution in [0.25, 0.3) is 10.9 Å². The molecule has 0 radical (unpaired) electrons. The highest BCUT2D eigenvalue weighted by Gasteiger charge is 2.06. The number of halogens is 1. The van der Waals surface area contributed by atoms with E-state index in [9.17, 15) is 4.79 Å². The van der Waals surface area contributed by atoms with Crippen LogP contribution in [0.3, 0.4) is 0 Å². The van der Waals surface area contributed by atoms with Crippen molar-refractivity contribution < 1.29 is 4.79 Å². The topological polar surface area (TPSA) is 46.9 Å². The summed E-state index contributed by atoms with van der Waals surface area (Å²) in [5.74, 6) is -0.260. The van der Waals surface area contributed by atoms with Crippen LogP contribution in [0.4, 0.5) is 5.69 Å². The molecule has 5 heteroatoms. The van der Waals surface area contributed by atoms with E-state index in [0.717, 1.165) is 16.6 Å². The molecule has 2 rings (SSSR count). The summed E-state index contributed by atoms with van der Waals surface area (Å²) in [4.78, 5) is 11.2. The van der Waals surface area contributed by atoms with Gasteiger partial charge in [0.2, 0.25) is 5.91 Å². The average Bonchev–Trinajstić information content (AvgIpc) is 2.62. The van der Waals surface area contributed by atoms with Gasteiger partial charge in [0.05, 0.1) is 17.4 Å². The molecule has 2 aromatic rings. The summed E-state index contributed by atoms with van der Waals surface area (Å²) >= 11 is 5.43. The minimum Gasteiger partial charge on any atom is -0.324 e. The van der Waals surface area contributed by atoms with Crippen molar-refractivity contribution in [1.29, 1.82) is 0 Å². The Morgan fingerprint density at radius 1 is 1.60 bits per heavy atom. The van der Waals surface area contributed by atoms with Gasteiger partial charge in [0.15, 0.2) is 0 Å². The zero-order valence-corrected chi connectivity index (χ0v) is 8.95. The van der Waals surface area contributed by atoms with Gasteiger partial charge in [0.25, 0.3) is 0 Å². The van der Waals surface area contributed by atoms with Gasteiger partial charge < -0.3 is 5.32 Å². The van der Waals surface area contributed by atoms with Crippen molar-refractivity contribution in [1.82, 2.24) is 9.78 Å². The normalized spacial score (nSPS) is 10.5. The fraction of sp³-hybridized carbons (Fsp3) is 0.200. The number of nitrogens with zero attached hydrogens (tertiary/aromatic N) is 2. The van der Waals surface area contributed by atoms with E-state index < -0.39 is 0 Å². The van der Waals surface area contributed by atoms with Crippen LogP contribution in [0, 0.1) is 0 Å². The summed E-state index contributed by atoms with van der Waals surface area (Å²) in [7, 11) is 1.86. The molecule has 15 heavy (non-hydrogen) atoms. The molecule has 1 heterocycles. The van der Waals surface area contributed by atoms with Crippen molar-refractivity contribution in [2.75, 3.05) is 11.2 Å². The second-order valence-electron chi connectivity index (χ2n) is 3.19. The van der Waals surface area contributed by atoms with E-state index in [0.29, 0.717) is 0 Å². The van der Waals surface area contributed by atoms with Gasteiger partial charge in [-0.05, 0) is 12.1 Å². The van der Waals surface area contributed by atoms with Crippen LogP contribution in [0.2, 0.25) is 0 Å². The van der Waals surface area contributed by atoms with Gasteiger partial charge in [-0.25, -0.2) is 0 Å². The number of hydrogen-bond acceptors (Lipinski definition) is 2. The molecular formula is C10H10ClN3O. The first-order valence-corrected chi connectivity index (χ1v) is 5.02. The molecule has 0 aliphatic rings. The van der Waals surface area contributed by atoms with E-state index in [1.54, 1.807) is 10.9 Å². The Labute approximate surface area is 91.8 Å². The third kappa shape index (κ3) is 1.80. The minimum atomic E-state index is -0.215. The van der Waals surface area contributed by atoms with E-state index in [1.165, 1.54) is 0 Å². The number of carbonyl (C=O) groups excluding carboxylic acids is 1. The maximum Gasteiger partial charge on any atom is 0.239 e. The van der Waals surface area contributed by atoms with Crippen molar-refractivity contribution in [2.45, 2.75) is 0 Å². The molecule has 0 bridgehead atoms. The van der Waals surface area contributed by atoms with Crippen molar-refractivity contribution >= 4 is 34.1 Å². The van der Waals surface area contributed by atoms with E-state index in [4.69, 9.17) is 11.6 Å². The Morgan fingerprint density at radius 2 is 2.40 bits per heavy atom. The highest BCUT2D eigenvalue weighted by atomic mass is 35.5. The molecule has 4 nitrogen and oxygen atoms in total. The average molecular weight is 224 g/mol. The van der Waals surface area contributed by atoms with Crippen LogP contribution in [-0.4, -0.2) is 21.6 Å². The molecule has 0 atom stereocenters. The van der Waals surface area contributed by atoms with Crippen molar-refractivity contribution in [3.63, 3.8) is 0 Å². The molecule has 0 fully saturated rings. The number of hydrogen-bond donors (Lipinski definition) is 1. The third-order valence-electron chi connectivity index (χ3n) is 2.19. The minimum absolute atomic E-state index is 0.0450. The van der Waals surface area contributed by atoms with E-state index in [1.807, 2.05) is 25.2 Å². The second kappa shape index (κ2) is 3.90. The molecule has 0 saturated heterocycles. The summed E-state index contributed by atoms with van der Waals surface area (Å²) in [6, 6.07) is 5.64. The van der Waals surface area contributed by atoms with Gasteiger partial charge in [-0.1, -0.05) is 6.07 Å². The molecule has 0 aliphatic carbocycles. The molecule has 0 spiro atoms. The number of anilines is 1. The van der Waals surface area contributed by atoms with Crippen LogP contribution in [0.5, 0.6) is 0 Å². The molecule has 0 aliphatic heterocycles. The van der Waals surface area contributed by atoms with Crippen LogP contribution >= 0.6 is 11.6 Å². The number of nitrogens with one attached hydrogen (secondary N) is 1. The summed E-state index contributed by atoms with van der Waals surface area (Å²) in [6.45, 7) is 0. The lowest BCUT2D eigenvalue weighted by Crippen LogP contribution is -2.12. The molecular weight excluding hydrogens is 214 g/mol. The Bertz CT molecular complexity index is 506. The number of alkyl halides is 1. The standard InChI is InChI=1S/C10H10ClN3O/c1-14-9-4-2-3-8(7(9)6-12-14)13-10(15)5-11/h2-4,6H,5H2,1H3,(H,13,15). The number of carbonyl (C=O) groups is 1. The number of amides is 1. The van der Waals surface area contributed by atoms with E-state index in [-0.39, 0.29) is 11.8 Å². The van der Waals surface area contributed by atoms with Gasteiger partial charge in [0.1, 0.15) is 5.88 Å². The largest absolute Gasteiger partial charge is 0.324 e. The molecule has 0 unspecified atom stereocenters. The first kappa shape index (κ1) is 9.98. The van der Waals surface area contributed by atoms with Gasteiger partial charge in [-0.2, -0.15) is 5.10 Å². The fourth-order valence-corrected chi connectivity index (χ4v) is 1.54. The molecule has 78 valence electrons. The maximum absolute atomic E-state index is 11.2. The van der Waals surface area contributed by atoms with Gasteiger partial charge in [-0.15, -0.1) is 11.6 Å². The lowest BCUT2D eigenvalue weighted by atomic mass is 10.2. The SMILES string of the molecule is Cn1ncc2c(NC(=O)CCl)cccc21. The number of aryl methyl sites for hydroxylation is 1. The highest BCUT2D eigenvalue weighted by Crippen LogP contribution is 2.22. The maximum atomic E-state index is 11.2. The van der Waals surface area contributed by atoms with E-state index >= 15 is 0 Å². The molecule has 0 saturated carbocycles. The molecule has 1 amide bonds. The quantitative estimate of drug-likeness (QED) is 0.789. The monoisotopic (exact) mass is 223 g/mol. The van der Waals surface area contributed by atoms with Crippen LogP contribution in [0.1, 0.15) is 0 Å². The Kier molecular flexibility index (Phi) is 2.60. The lowest BCUT2D eigenvalue weighted by molar-refractivity contribution is -0.113. The summed E-state index contributed by atoms with van der Waals surface area (Å²) < 4.78 is 1.76. The molecule has 1 N–H and O–H groups in total. The van der Waals surface area contributed by atoms with Gasteiger partial charge >= 0.3 is 0 Å². The van der Waals surface area contributed by atoms with Gasteiger partial charge in [0, 0.05) is 12.4 Å². The Balaban J connectivity index is 2.47. The first-order chi connectivity index (χ1) is 7.22. The Hall–Kier alpha value is -1.55. The molecule has 1 aromatic carbocycles. The second-order valence-corrected chi connectivity index (χ2v) is 3.46. The van der Waals surface area contributed by atoms with Crippen molar-refractivity contribution in [3.8, 4) is 0 Å². The lowest BCUT2D eigenvalue weighted by Gasteiger charge is -2.04. The summed E-state index contributed by atoms with van der Waals surface area (Å²) in [5, 5.41) is 7.76. The van der Waals surface area contributed by atoms with Crippen LogP contribution < -0.4 is 5.32 Å². The van der Waals surface area contributed by atoms with Crippen LogP contribution in [0.15, 0.2) is 24.4 Å². The molecule has 1 aromatic heterocycles. The van der Waals surface area contributed by atoms with Crippen molar-refractivity contribution in [3.05, 3.63) is 24.4 Å². The zero-order valence-electron chi connectivity index (χ0n) is 8.20. The van der Waals surface area contributed by atoms with E-state index in [2.05, 4.69) is 10.4 Å². The zero-order chi connectivity index (χ0) is 10.8. The number of fused-ring (bicyclic) bond motifs is 1. The van der Waals surface area contributed by atoms with Crippen LogP contribution in [-0.2, 0) is 11.8 Å². The third-order valence-corrected chi connectivity index (χ3v) is 2.43. The number of benzene rings is 1. The Morgan fingerprint density at radius 3 is 3.13 bits per heavy atom. The smallest absolute Gasteiger partial charge is 0.239 e. The summed E-state index contributed by atoms with van der Waals surface area (Å²) in [5.41, 5.74) is 1.72. The fourth-order valence-electron chi connectivity index (χ4n) is 1.47. The highest BCUT2D eigenvalue weighted by molar-refractivity contribution is 6.29. The number of aromatic nitrogens is 2. The van der Waals surface area contributed by atoms with Crippen molar-refractivity contribution in [2.24, 2.45) is 7.05 Å². The summed E-state index contributed by atoms with van der Waals surface area (Å²) in [6.07, 6.45) is 1.72. The predicted molar refractivity (Wildman–Crippen MR) is 60.1 cm³/mol.